The second-order valence-corrected chi connectivity index (χ2v) is 7.06. The first kappa shape index (κ1) is 23.8. The molecule has 34 heavy (non-hydrogen) atoms. The van der Waals surface area contributed by atoms with Crippen LogP contribution in [0.4, 0.5) is 5.69 Å². The van der Waals surface area contributed by atoms with Crippen LogP contribution in [-0.4, -0.2) is 49.9 Å². The fraction of sp³-hybridized carbons (Fsp3) is 0.0909. The van der Waals surface area contributed by atoms with Crippen LogP contribution in [0.2, 0.25) is 0 Å². The number of carboxylic acids is 1. The molecule has 0 atom stereocenters. The van der Waals surface area contributed by atoms with Crippen LogP contribution in [0.15, 0.2) is 48.0 Å². The van der Waals surface area contributed by atoms with Crippen LogP contribution in [-0.2, 0) is 19.2 Å². The summed E-state index contributed by atoms with van der Waals surface area (Å²) in [6.07, 6.45) is 0.530. The Morgan fingerprint density at radius 1 is 1.03 bits per heavy atom. The van der Waals surface area contributed by atoms with E-state index in [-0.39, 0.29) is 29.9 Å². The molecular weight excluding hydrogens is 450 g/mol. The van der Waals surface area contributed by atoms with Crippen LogP contribution in [0.5, 0.6) is 5.75 Å². The zero-order valence-corrected chi connectivity index (χ0v) is 17.2. The number of anilines is 1. The quantitative estimate of drug-likeness (QED) is 0.160. The van der Waals surface area contributed by atoms with Crippen LogP contribution in [0.1, 0.15) is 39.1 Å². The monoisotopic (exact) mass is 466 g/mol. The van der Waals surface area contributed by atoms with Crippen molar-refractivity contribution in [2.75, 3.05) is 5.32 Å². The van der Waals surface area contributed by atoms with Crippen LogP contribution in [0, 0.1) is 11.3 Å². The summed E-state index contributed by atoms with van der Waals surface area (Å²) >= 11 is 0. The van der Waals surface area contributed by atoms with Gasteiger partial charge in [-0.2, -0.15) is 10.5 Å². The minimum atomic E-state index is -2.20. The highest BCUT2D eigenvalue weighted by Gasteiger charge is 2.55. The van der Waals surface area contributed by atoms with Crippen LogP contribution >= 0.6 is 0 Å². The number of carbonyl (C=O) groups excluding carboxylic acids is 4. The summed E-state index contributed by atoms with van der Waals surface area (Å²) in [5, 5.41) is 40.3. The molecule has 4 N–H and O–H groups in total. The molecule has 2 aromatic rings. The minimum absolute atomic E-state index is 0.0192. The maximum atomic E-state index is 12.5. The van der Waals surface area contributed by atoms with E-state index in [4.69, 9.17) is 0 Å². The van der Waals surface area contributed by atoms with E-state index in [0.717, 1.165) is 18.2 Å². The third-order valence-corrected chi connectivity index (χ3v) is 4.69. The third kappa shape index (κ3) is 4.96. The van der Waals surface area contributed by atoms with Crippen LogP contribution in [0.25, 0.3) is 6.08 Å². The lowest BCUT2D eigenvalue weighted by molar-refractivity contribution is -1.12. The van der Waals surface area contributed by atoms with E-state index in [0.29, 0.717) is 5.56 Å². The first-order valence-electron chi connectivity index (χ1n) is 9.56. The van der Waals surface area contributed by atoms with E-state index in [2.05, 4.69) is 10.2 Å². The number of rotatable bonds is 6. The van der Waals surface area contributed by atoms with Gasteiger partial charge in [0, 0.05) is 5.69 Å². The van der Waals surface area contributed by atoms with E-state index >= 15 is 0 Å². The van der Waals surface area contributed by atoms with Gasteiger partial charge in [-0.3, -0.25) is 4.79 Å². The van der Waals surface area contributed by atoms with Gasteiger partial charge in [0.15, 0.2) is 0 Å². The summed E-state index contributed by atoms with van der Waals surface area (Å²) in [5.74, 6) is -5.97. The number of nitrogens with zero attached hydrogens (tertiary/aromatic N) is 2. The number of nitrogens with one attached hydrogen (secondary N) is 1. The predicted octanol–water partition coefficient (Wildman–Crippen LogP) is 1.76. The van der Waals surface area contributed by atoms with Crippen LogP contribution < -0.4 is 5.32 Å². The van der Waals surface area contributed by atoms with E-state index in [9.17, 15) is 44.7 Å². The molecule has 1 aliphatic rings. The SMILES string of the molecule is N#CC(=Cc1ccc(O)cc1)C(=O)Nc1cc(C(=O)O)cc(C(=O)O[N+]2(O)C(=O)CCC2=O)c1. The molecular formula is C22H16N3O9+. The maximum absolute atomic E-state index is 12.5. The zero-order chi connectivity index (χ0) is 25.0. The largest absolute Gasteiger partial charge is 0.508 e. The number of nitriles is 1. The van der Waals surface area contributed by atoms with Crippen molar-refractivity contribution in [1.29, 1.82) is 5.26 Å². The first-order valence-corrected chi connectivity index (χ1v) is 9.56. The number of hydrogen-bond acceptors (Lipinski definition) is 9. The second-order valence-electron chi connectivity index (χ2n) is 7.06. The molecule has 3 rings (SSSR count). The molecule has 0 aromatic heterocycles. The van der Waals surface area contributed by atoms with Gasteiger partial charge >= 0.3 is 23.8 Å². The van der Waals surface area contributed by atoms with Gasteiger partial charge in [0.25, 0.3) is 5.91 Å². The number of aromatic carboxylic acids is 1. The van der Waals surface area contributed by atoms with Crippen molar-refractivity contribution in [3.05, 3.63) is 64.7 Å². The molecule has 2 aromatic carbocycles. The Bertz CT molecular complexity index is 1270. The number of carbonyl (C=O) groups is 5. The molecule has 12 nitrogen and oxygen atoms in total. The lowest BCUT2D eigenvalue weighted by Gasteiger charge is -2.16. The third-order valence-electron chi connectivity index (χ3n) is 4.69. The molecule has 12 heteroatoms. The molecule has 1 aliphatic heterocycles. The number of amides is 3. The van der Waals surface area contributed by atoms with Crippen LogP contribution in [0.3, 0.4) is 0 Å². The van der Waals surface area contributed by atoms with Crippen molar-refractivity contribution in [3.63, 3.8) is 0 Å². The highest BCUT2D eigenvalue weighted by Crippen LogP contribution is 2.24. The number of carboxylic acid groups (broad SMARTS) is 1. The van der Waals surface area contributed by atoms with Gasteiger partial charge in [-0.05, 0) is 42.0 Å². The Kier molecular flexibility index (Phi) is 6.53. The summed E-state index contributed by atoms with van der Waals surface area (Å²) in [7, 11) is 0. The van der Waals surface area contributed by atoms with Crippen molar-refractivity contribution in [1.82, 2.24) is 0 Å². The molecule has 0 spiro atoms. The average Bonchev–Trinajstić information content (AvgIpc) is 3.05. The van der Waals surface area contributed by atoms with Crippen molar-refractivity contribution >= 4 is 41.4 Å². The summed E-state index contributed by atoms with van der Waals surface area (Å²) in [4.78, 5) is 62.4. The molecule has 3 amide bonds. The first-order chi connectivity index (χ1) is 16.0. The van der Waals surface area contributed by atoms with E-state index in [1.165, 1.54) is 30.3 Å². The van der Waals surface area contributed by atoms with Crippen molar-refractivity contribution in [2.24, 2.45) is 0 Å². The molecule has 0 unspecified atom stereocenters. The molecule has 1 heterocycles. The van der Waals surface area contributed by atoms with Crippen molar-refractivity contribution in [2.45, 2.75) is 12.8 Å². The van der Waals surface area contributed by atoms with E-state index < -0.39 is 45.6 Å². The number of quaternary nitrogens is 1. The Balaban J connectivity index is 1.89. The summed E-state index contributed by atoms with van der Waals surface area (Å²) in [6, 6.07) is 10.1. The van der Waals surface area contributed by atoms with E-state index in [1.807, 2.05) is 0 Å². The summed E-state index contributed by atoms with van der Waals surface area (Å²) in [5.41, 5.74) is -1.12. The highest BCUT2D eigenvalue weighted by molar-refractivity contribution is 6.10. The Labute approximate surface area is 191 Å². The van der Waals surface area contributed by atoms with Gasteiger partial charge in [0.05, 0.1) is 24.0 Å². The lowest BCUT2D eigenvalue weighted by Crippen LogP contribution is -2.50. The Morgan fingerprint density at radius 3 is 2.18 bits per heavy atom. The number of imide groups is 1. The highest BCUT2D eigenvalue weighted by atomic mass is 17.0. The fourth-order valence-corrected chi connectivity index (χ4v) is 2.96. The smallest absolute Gasteiger partial charge is 0.403 e. The topological polar surface area (TPSA) is 191 Å². The molecule has 0 bridgehead atoms. The number of hydroxylamine groups is 4. The number of phenolic OH excluding ortho intramolecular Hbond substituents is 1. The van der Waals surface area contributed by atoms with Gasteiger partial charge < -0.3 is 15.5 Å². The number of phenols is 1. The minimum Gasteiger partial charge on any atom is -0.508 e. The number of benzene rings is 2. The van der Waals surface area contributed by atoms with E-state index in [1.54, 1.807) is 6.07 Å². The summed E-state index contributed by atoms with van der Waals surface area (Å²) in [6.45, 7) is 0. The molecule has 172 valence electrons. The standard InChI is InChI=1S/C22H15N3O9/c23-11-15(7-12-1-3-17(26)4-2-12)20(29)24-16-9-13(21(30)31)8-14(10-16)22(32)34-25(33)18(27)5-6-19(25)28/h1-4,7-10,33H,5-6H2,(H2-,24,26,29,30,31)/p+1. The molecule has 0 aliphatic carbocycles. The predicted molar refractivity (Wildman–Crippen MR) is 110 cm³/mol. The van der Waals surface area contributed by atoms with Crippen molar-refractivity contribution < 1.29 is 49.0 Å². The number of hydrogen-bond donors (Lipinski definition) is 4. The molecule has 1 fully saturated rings. The fourth-order valence-electron chi connectivity index (χ4n) is 2.96. The number of aromatic hydroxyl groups is 1. The molecule has 0 saturated carbocycles. The molecule has 1 saturated heterocycles. The van der Waals surface area contributed by atoms with Crippen molar-refractivity contribution in [3.8, 4) is 11.8 Å². The van der Waals surface area contributed by atoms with Gasteiger partial charge in [-0.1, -0.05) is 12.1 Å². The normalized spacial score (nSPS) is 14.9. The van der Waals surface area contributed by atoms with Gasteiger partial charge in [-0.15, -0.1) is 0 Å². The Morgan fingerprint density at radius 2 is 1.62 bits per heavy atom. The average molecular weight is 466 g/mol. The maximum Gasteiger partial charge on any atom is 0.403 e. The van der Waals surface area contributed by atoms with Gasteiger partial charge in [-0.25, -0.2) is 24.0 Å². The van der Waals surface area contributed by atoms with Gasteiger partial charge in [0.1, 0.15) is 22.2 Å². The second kappa shape index (κ2) is 9.33. The summed E-state index contributed by atoms with van der Waals surface area (Å²) < 4.78 is 0. The zero-order valence-electron chi connectivity index (χ0n) is 17.2. The lowest BCUT2D eigenvalue weighted by atomic mass is 10.1. The Hall–Kier alpha value is -4.86. The molecule has 0 radical (unpaired) electrons. The van der Waals surface area contributed by atoms with Gasteiger partial charge in [0.2, 0.25) is 0 Å².